The number of amides is 1. The van der Waals surface area contributed by atoms with Crippen LogP contribution in [0, 0.1) is 0 Å². The fraction of sp³-hybridized carbons (Fsp3) is 0.889. The van der Waals surface area contributed by atoms with Gasteiger partial charge in [0.2, 0.25) is 5.91 Å². The molecule has 1 atom stereocenters. The Morgan fingerprint density at radius 2 is 2.31 bits per heavy atom. The first-order valence-corrected chi connectivity index (χ1v) is 4.87. The van der Waals surface area contributed by atoms with Crippen LogP contribution in [0.2, 0.25) is 0 Å². The molecule has 1 fully saturated rings. The third-order valence-corrected chi connectivity index (χ3v) is 2.37. The van der Waals surface area contributed by atoms with Gasteiger partial charge in [-0.25, -0.2) is 0 Å². The third-order valence-electron chi connectivity index (χ3n) is 2.37. The molecule has 1 rings (SSSR count). The molecule has 0 bridgehead atoms. The van der Waals surface area contributed by atoms with Crippen LogP contribution in [0.1, 0.15) is 26.2 Å². The second-order valence-corrected chi connectivity index (χ2v) is 3.50. The summed E-state index contributed by atoms with van der Waals surface area (Å²) in [4.78, 5) is 13.4. The van der Waals surface area contributed by atoms with Crippen molar-refractivity contribution in [2.45, 2.75) is 38.3 Å². The highest BCUT2D eigenvalue weighted by Gasteiger charge is 2.33. The second kappa shape index (κ2) is 4.58. The van der Waals surface area contributed by atoms with Crippen molar-refractivity contribution in [3.05, 3.63) is 0 Å². The smallest absolute Gasteiger partial charge is 0.239 e. The lowest BCUT2D eigenvalue weighted by molar-refractivity contribution is -0.133. The lowest BCUT2D eigenvalue weighted by Crippen LogP contribution is -2.45. The first-order valence-electron chi connectivity index (χ1n) is 4.87. The molecule has 0 saturated heterocycles. The van der Waals surface area contributed by atoms with E-state index in [0.29, 0.717) is 19.0 Å². The van der Waals surface area contributed by atoms with E-state index in [2.05, 4.69) is 0 Å². The number of carbonyl (C=O) groups is 1. The van der Waals surface area contributed by atoms with Gasteiger partial charge in [-0.2, -0.15) is 0 Å². The quantitative estimate of drug-likeness (QED) is 0.620. The van der Waals surface area contributed by atoms with Gasteiger partial charge < -0.3 is 15.7 Å². The summed E-state index contributed by atoms with van der Waals surface area (Å²) in [5.41, 5.74) is 5.64. The van der Waals surface area contributed by atoms with Crippen LogP contribution in [0.25, 0.3) is 0 Å². The van der Waals surface area contributed by atoms with Crippen molar-refractivity contribution < 1.29 is 9.90 Å². The van der Waals surface area contributed by atoms with Gasteiger partial charge in [-0.3, -0.25) is 4.79 Å². The minimum Gasteiger partial charge on any atom is -0.395 e. The van der Waals surface area contributed by atoms with Crippen LogP contribution in [-0.2, 0) is 4.79 Å². The van der Waals surface area contributed by atoms with E-state index in [0.717, 1.165) is 12.8 Å². The van der Waals surface area contributed by atoms with Gasteiger partial charge in [0.1, 0.15) is 0 Å². The van der Waals surface area contributed by atoms with Crippen molar-refractivity contribution >= 4 is 5.91 Å². The van der Waals surface area contributed by atoms with Gasteiger partial charge in [-0.15, -0.1) is 0 Å². The highest BCUT2D eigenvalue weighted by molar-refractivity contribution is 5.82. The standard InChI is InChI=1S/C9H18N2O2/c1-2-8(10)9(13)11(5-6-12)7-3-4-7/h7-8,12H,2-6,10H2,1H3. The van der Waals surface area contributed by atoms with E-state index in [-0.39, 0.29) is 12.5 Å². The summed E-state index contributed by atoms with van der Waals surface area (Å²) in [7, 11) is 0. The summed E-state index contributed by atoms with van der Waals surface area (Å²) >= 11 is 0. The molecule has 0 aromatic heterocycles. The molecule has 3 N–H and O–H groups in total. The minimum absolute atomic E-state index is 0.0148. The molecule has 1 aliphatic rings. The number of hydrogen-bond acceptors (Lipinski definition) is 3. The fourth-order valence-electron chi connectivity index (χ4n) is 1.35. The van der Waals surface area contributed by atoms with Crippen molar-refractivity contribution in [2.24, 2.45) is 5.73 Å². The van der Waals surface area contributed by atoms with E-state index < -0.39 is 6.04 Å². The van der Waals surface area contributed by atoms with Crippen molar-refractivity contribution in [1.29, 1.82) is 0 Å². The van der Waals surface area contributed by atoms with E-state index in [9.17, 15) is 4.79 Å². The number of aliphatic hydroxyl groups excluding tert-OH is 1. The summed E-state index contributed by atoms with van der Waals surface area (Å²) in [5.74, 6) is -0.0148. The molecule has 1 aliphatic carbocycles. The molecule has 1 amide bonds. The average molecular weight is 186 g/mol. The highest BCUT2D eigenvalue weighted by Crippen LogP contribution is 2.26. The first kappa shape index (κ1) is 10.5. The van der Waals surface area contributed by atoms with Gasteiger partial charge in [0.05, 0.1) is 12.6 Å². The molecule has 0 aromatic carbocycles. The number of aliphatic hydroxyl groups is 1. The molecule has 0 radical (unpaired) electrons. The Morgan fingerprint density at radius 3 is 2.69 bits per heavy atom. The second-order valence-electron chi connectivity index (χ2n) is 3.50. The molecular formula is C9H18N2O2. The molecule has 0 heterocycles. The highest BCUT2D eigenvalue weighted by atomic mass is 16.3. The van der Waals surface area contributed by atoms with E-state index in [4.69, 9.17) is 10.8 Å². The van der Waals surface area contributed by atoms with Crippen molar-refractivity contribution in [3.63, 3.8) is 0 Å². The fourth-order valence-corrected chi connectivity index (χ4v) is 1.35. The molecule has 76 valence electrons. The molecular weight excluding hydrogens is 168 g/mol. The predicted octanol–water partition coefficient (Wildman–Crippen LogP) is -0.293. The van der Waals surface area contributed by atoms with Crippen LogP contribution in [-0.4, -0.2) is 41.1 Å². The number of hydrogen-bond donors (Lipinski definition) is 2. The third kappa shape index (κ3) is 2.67. The Hall–Kier alpha value is -0.610. The van der Waals surface area contributed by atoms with E-state index in [1.807, 2.05) is 6.92 Å². The lowest BCUT2D eigenvalue weighted by Gasteiger charge is -2.24. The largest absolute Gasteiger partial charge is 0.395 e. The summed E-state index contributed by atoms with van der Waals surface area (Å²) in [6, 6.07) is -0.0515. The van der Waals surface area contributed by atoms with Crippen molar-refractivity contribution in [2.75, 3.05) is 13.2 Å². The van der Waals surface area contributed by atoms with Crippen molar-refractivity contribution in [1.82, 2.24) is 4.90 Å². The van der Waals surface area contributed by atoms with Gasteiger partial charge in [0.25, 0.3) is 0 Å². The Kier molecular flexibility index (Phi) is 3.69. The zero-order chi connectivity index (χ0) is 9.84. The Morgan fingerprint density at radius 1 is 1.69 bits per heavy atom. The van der Waals surface area contributed by atoms with Crippen LogP contribution in [0.15, 0.2) is 0 Å². The van der Waals surface area contributed by atoms with Gasteiger partial charge in [0.15, 0.2) is 0 Å². The van der Waals surface area contributed by atoms with Gasteiger partial charge in [-0.1, -0.05) is 6.92 Å². The molecule has 0 aliphatic heterocycles. The topological polar surface area (TPSA) is 66.6 Å². The Bertz CT molecular complexity index is 180. The molecule has 1 saturated carbocycles. The SMILES string of the molecule is CCC(N)C(=O)N(CCO)C1CC1. The monoisotopic (exact) mass is 186 g/mol. The van der Waals surface area contributed by atoms with Gasteiger partial charge in [-0.05, 0) is 19.3 Å². The Labute approximate surface area is 78.7 Å². The van der Waals surface area contributed by atoms with Crippen LogP contribution in [0.4, 0.5) is 0 Å². The van der Waals surface area contributed by atoms with Crippen LogP contribution >= 0.6 is 0 Å². The maximum atomic E-state index is 11.6. The molecule has 0 aromatic rings. The zero-order valence-corrected chi connectivity index (χ0v) is 8.07. The lowest BCUT2D eigenvalue weighted by atomic mass is 10.2. The molecule has 13 heavy (non-hydrogen) atoms. The first-order chi connectivity index (χ1) is 6.20. The van der Waals surface area contributed by atoms with Gasteiger partial charge >= 0.3 is 0 Å². The zero-order valence-electron chi connectivity index (χ0n) is 8.07. The summed E-state index contributed by atoms with van der Waals surface area (Å²) in [6.45, 7) is 2.35. The molecule has 1 unspecified atom stereocenters. The maximum Gasteiger partial charge on any atom is 0.239 e. The molecule has 0 spiro atoms. The van der Waals surface area contributed by atoms with E-state index >= 15 is 0 Å². The molecule has 4 heteroatoms. The number of rotatable bonds is 5. The summed E-state index contributed by atoms with van der Waals surface area (Å²) in [6.07, 6.45) is 2.78. The normalized spacial score (nSPS) is 18.4. The number of nitrogens with two attached hydrogens (primary N) is 1. The number of carbonyl (C=O) groups excluding carboxylic acids is 1. The number of nitrogens with zero attached hydrogens (tertiary/aromatic N) is 1. The van der Waals surface area contributed by atoms with E-state index in [1.54, 1.807) is 4.90 Å². The van der Waals surface area contributed by atoms with E-state index in [1.165, 1.54) is 0 Å². The predicted molar refractivity (Wildman–Crippen MR) is 50.1 cm³/mol. The maximum absolute atomic E-state index is 11.6. The molecule has 4 nitrogen and oxygen atoms in total. The minimum atomic E-state index is -0.396. The van der Waals surface area contributed by atoms with Crippen molar-refractivity contribution in [3.8, 4) is 0 Å². The summed E-state index contributed by atoms with van der Waals surface area (Å²) < 4.78 is 0. The van der Waals surface area contributed by atoms with Crippen LogP contribution < -0.4 is 5.73 Å². The van der Waals surface area contributed by atoms with Crippen LogP contribution in [0.3, 0.4) is 0 Å². The Balaban J connectivity index is 2.47. The van der Waals surface area contributed by atoms with Crippen LogP contribution in [0.5, 0.6) is 0 Å². The van der Waals surface area contributed by atoms with Gasteiger partial charge in [0, 0.05) is 12.6 Å². The summed E-state index contributed by atoms with van der Waals surface area (Å²) in [5, 5.41) is 8.78. The average Bonchev–Trinajstić information content (AvgIpc) is 2.95.